The van der Waals surface area contributed by atoms with Crippen molar-refractivity contribution in [1.82, 2.24) is 9.97 Å². The van der Waals surface area contributed by atoms with Crippen molar-refractivity contribution in [2.45, 2.75) is 33.6 Å². The van der Waals surface area contributed by atoms with Gasteiger partial charge in [-0.1, -0.05) is 20.8 Å². The topological polar surface area (TPSA) is 61.3 Å². The normalized spacial score (nSPS) is 11.4. The zero-order chi connectivity index (χ0) is 14.3. The van der Waals surface area contributed by atoms with Crippen LogP contribution in [0.5, 0.6) is 0 Å². The van der Waals surface area contributed by atoms with Crippen LogP contribution < -0.4 is 10.2 Å². The van der Waals surface area contributed by atoms with Crippen LogP contribution in [0.15, 0.2) is 12.4 Å². The molecule has 0 aliphatic carbocycles. The molecule has 1 rings (SSSR count). The van der Waals surface area contributed by atoms with Crippen molar-refractivity contribution in [3.8, 4) is 0 Å². The van der Waals surface area contributed by atoms with Crippen LogP contribution in [-0.2, 0) is 0 Å². The summed E-state index contributed by atoms with van der Waals surface area (Å²) in [6, 6.07) is 1.94. The summed E-state index contributed by atoms with van der Waals surface area (Å²) in [4.78, 5) is 10.5. The summed E-state index contributed by atoms with van der Waals surface area (Å²) in [6.45, 7) is 8.57. The Morgan fingerprint density at radius 1 is 1.32 bits per heavy atom. The maximum absolute atomic E-state index is 8.84. The van der Waals surface area contributed by atoms with E-state index in [9.17, 15) is 0 Å². The van der Waals surface area contributed by atoms with Gasteiger partial charge >= 0.3 is 0 Å². The van der Waals surface area contributed by atoms with Crippen molar-refractivity contribution in [2.24, 2.45) is 5.41 Å². The third-order valence-corrected chi connectivity index (χ3v) is 2.88. The van der Waals surface area contributed by atoms with Crippen LogP contribution >= 0.6 is 0 Å². The molecule has 0 unspecified atom stereocenters. The number of rotatable bonds is 7. The molecule has 0 saturated carbocycles. The first kappa shape index (κ1) is 15.7. The Balaban J connectivity index is 2.52. The maximum atomic E-state index is 8.84. The van der Waals surface area contributed by atoms with Gasteiger partial charge < -0.3 is 15.3 Å². The quantitative estimate of drug-likeness (QED) is 0.792. The molecular formula is C14H26N4O. The molecule has 0 atom stereocenters. The van der Waals surface area contributed by atoms with Gasteiger partial charge in [0.15, 0.2) is 0 Å². The first-order valence-electron chi connectivity index (χ1n) is 6.80. The monoisotopic (exact) mass is 266 g/mol. The molecule has 0 saturated heterocycles. The van der Waals surface area contributed by atoms with Crippen LogP contribution in [0, 0.1) is 5.41 Å². The Hall–Kier alpha value is -1.36. The van der Waals surface area contributed by atoms with Gasteiger partial charge in [-0.25, -0.2) is 9.97 Å². The Bertz CT molecular complexity index is 376. The van der Waals surface area contributed by atoms with Crippen LogP contribution in [0.2, 0.25) is 0 Å². The van der Waals surface area contributed by atoms with Crippen molar-refractivity contribution < 1.29 is 5.11 Å². The summed E-state index contributed by atoms with van der Waals surface area (Å²) in [6.07, 6.45) is 3.41. The third-order valence-electron chi connectivity index (χ3n) is 2.88. The Labute approximate surface area is 116 Å². The van der Waals surface area contributed by atoms with Crippen LogP contribution in [0.4, 0.5) is 11.6 Å². The molecule has 1 aromatic heterocycles. The molecule has 1 heterocycles. The summed E-state index contributed by atoms with van der Waals surface area (Å²) in [5, 5.41) is 12.2. The van der Waals surface area contributed by atoms with E-state index in [4.69, 9.17) is 5.11 Å². The molecule has 0 aliphatic rings. The number of nitrogens with one attached hydrogen (secondary N) is 1. The molecular weight excluding hydrogens is 240 g/mol. The van der Waals surface area contributed by atoms with Crippen molar-refractivity contribution >= 4 is 11.6 Å². The molecule has 1 aromatic rings. The van der Waals surface area contributed by atoms with Crippen molar-refractivity contribution in [1.29, 1.82) is 0 Å². The van der Waals surface area contributed by atoms with Crippen LogP contribution in [0.25, 0.3) is 0 Å². The smallest absolute Gasteiger partial charge is 0.133 e. The number of aromatic nitrogens is 2. The van der Waals surface area contributed by atoms with Gasteiger partial charge in [0.2, 0.25) is 0 Å². The molecule has 19 heavy (non-hydrogen) atoms. The summed E-state index contributed by atoms with van der Waals surface area (Å²) in [5.41, 5.74) is 0.320. The highest BCUT2D eigenvalue weighted by Crippen LogP contribution is 2.19. The van der Waals surface area contributed by atoms with Crippen LogP contribution in [-0.4, -0.2) is 41.8 Å². The minimum absolute atomic E-state index is 0.201. The lowest BCUT2D eigenvalue weighted by molar-refractivity contribution is 0.290. The Morgan fingerprint density at radius 3 is 2.68 bits per heavy atom. The van der Waals surface area contributed by atoms with Crippen LogP contribution in [0.3, 0.4) is 0 Å². The molecule has 0 amide bonds. The van der Waals surface area contributed by atoms with E-state index >= 15 is 0 Å². The molecule has 0 fully saturated rings. The van der Waals surface area contributed by atoms with Crippen LogP contribution in [0.1, 0.15) is 33.6 Å². The average molecular weight is 266 g/mol. The highest BCUT2D eigenvalue weighted by molar-refractivity contribution is 5.47. The van der Waals surface area contributed by atoms with E-state index in [2.05, 4.69) is 36.1 Å². The fraction of sp³-hybridized carbons (Fsp3) is 0.714. The highest BCUT2D eigenvalue weighted by Gasteiger charge is 2.09. The van der Waals surface area contributed by atoms with Gasteiger partial charge in [-0.05, 0) is 18.3 Å². The molecule has 0 aromatic carbocycles. The fourth-order valence-electron chi connectivity index (χ4n) is 1.64. The Morgan fingerprint density at radius 2 is 2.05 bits per heavy atom. The maximum Gasteiger partial charge on any atom is 0.133 e. The number of anilines is 2. The van der Waals surface area contributed by atoms with Gasteiger partial charge in [-0.2, -0.15) is 0 Å². The summed E-state index contributed by atoms with van der Waals surface area (Å²) < 4.78 is 0. The second-order valence-corrected chi connectivity index (χ2v) is 6.00. The number of hydrogen-bond acceptors (Lipinski definition) is 5. The number of nitrogens with zero attached hydrogens (tertiary/aromatic N) is 3. The standard InChI is InChI=1S/C14H26N4O/c1-14(2,3)6-7-15-12-10-13(17-11-16-12)18(4)8-5-9-19/h10-11,19H,5-9H2,1-4H3,(H,15,16,17). The zero-order valence-electron chi connectivity index (χ0n) is 12.5. The van der Waals surface area contributed by atoms with Gasteiger partial charge in [-0.15, -0.1) is 0 Å². The second kappa shape index (κ2) is 7.28. The SMILES string of the molecule is CN(CCCO)c1cc(NCCC(C)(C)C)ncn1. The summed E-state index contributed by atoms with van der Waals surface area (Å²) in [5.74, 6) is 1.73. The highest BCUT2D eigenvalue weighted by atomic mass is 16.3. The Kier molecular flexibility index (Phi) is 6.02. The number of aliphatic hydroxyl groups is 1. The van der Waals surface area contributed by atoms with Crippen molar-refractivity contribution in [2.75, 3.05) is 37.0 Å². The first-order chi connectivity index (χ1) is 8.92. The minimum atomic E-state index is 0.201. The van der Waals surface area contributed by atoms with Gasteiger partial charge in [-0.3, -0.25) is 0 Å². The van der Waals surface area contributed by atoms with Crippen molar-refractivity contribution in [3.05, 3.63) is 12.4 Å². The van der Waals surface area contributed by atoms with Gasteiger partial charge in [0.25, 0.3) is 0 Å². The van der Waals surface area contributed by atoms with E-state index < -0.39 is 0 Å². The average Bonchev–Trinajstić information content (AvgIpc) is 2.35. The summed E-state index contributed by atoms with van der Waals surface area (Å²) >= 11 is 0. The molecule has 0 bridgehead atoms. The number of hydrogen-bond donors (Lipinski definition) is 2. The lowest BCUT2D eigenvalue weighted by Crippen LogP contribution is -2.21. The zero-order valence-corrected chi connectivity index (χ0v) is 12.5. The second-order valence-electron chi connectivity index (χ2n) is 6.00. The molecule has 5 heteroatoms. The van der Waals surface area contributed by atoms with E-state index in [0.29, 0.717) is 5.41 Å². The predicted octanol–water partition coefficient (Wildman–Crippen LogP) is 2.14. The molecule has 108 valence electrons. The third kappa shape index (κ3) is 6.38. The lowest BCUT2D eigenvalue weighted by atomic mass is 9.92. The van der Waals surface area contributed by atoms with Gasteiger partial charge in [0, 0.05) is 32.8 Å². The predicted molar refractivity (Wildman–Crippen MR) is 79.6 cm³/mol. The van der Waals surface area contributed by atoms with Gasteiger partial charge in [0.05, 0.1) is 0 Å². The van der Waals surface area contributed by atoms with E-state index in [0.717, 1.165) is 37.6 Å². The lowest BCUT2D eigenvalue weighted by Gasteiger charge is -2.20. The fourth-order valence-corrected chi connectivity index (χ4v) is 1.64. The summed E-state index contributed by atoms with van der Waals surface area (Å²) in [7, 11) is 1.97. The molecule has 0 spiro atoms. The first-order valence-corrected chi connectivity index (χ1v) is 6.80. The number of aliphatic hydroxyl groups excluding tert-OH is 1. The van der Waals surface area contributed by atoms with E-state index in [1.54, 1.807) is 6.33 Å². The molecule has 2 N–H and O–H groups in total. The molecule has 0 radical (unpaired) electrons. The molecule has 5 nitrogen and oxygen atoms in total. The minimum Gasteiger partial charge on any atom is -0.396 e. The largest absolute Gasteiger partial charge is 0.396 e. The van der Waals surface area contributed by atoms with Gasteiger partial charge in [0.1, 0.15) is 18.0 Å². The van der Waals surface area contributed by atoms with E-state index in [1.165, 1.54) is 0 Å². The van der Waals surface area contributed by atoms with E-state index in [-0.39, 0.29) is 6.61 Å². The van der Waals surface area contributed by atoms with E-state index in [1.807, 2.05) is 18.0 Å². The molecule has 0 aliphatic heterocycles. The van der Waals surface area contributed by atoms with Crippen molar-refractivity contribution in [3.63, 3.8) is 0 Å².